The van der Waals surface area contributed by atoms with Crippen LogP contribution in [-0.2, 0) is 0 Å². The molecule has 0 spiro atoms. The lowest BCUT2D eigenvalue weighted by Gasteiger charge is -2.10. The molecule has 0 saturated heterocycles. The van der Waals surface area contributed by atoms with Gasteiger partial charge in [-0.15, -0.1) is 0 Å². The number of benzene rings is 2. The van der Waals surface area contributed by atoms with E-state index >= 15 is 0 Å². The second-order valence-electron chi connectivity index (χ2n) is 3.75. The minimum Gasteiger partial charge on any atom is -0.497 e. The first kappa shape index (κ1) is 13.4. The van der Waals surface area contributed by atoms with Crippen LogP contribution >= 0.6 is 15.9 Å². The zero-order chi connectivity index (χ0) is 13.8. The van der Waals surface area contributed by atoms with Crippen LogP contribution in [0.1, 0.15) is 5.56 Å². The topological polar surface area (TPSA) is 45.0 Å². The predicted octanol–water partition coefficient (Wildman–Crippen LogP) is 4.21. The molecular weight excluding hydrogens is 311 g/mol. The van der Waals surface area contributed by atoms with Crippen LogP contribution in [0.15, 0.2) is 40.9 Å². The maximum Gasteiger partial charge on any atom is 0.162 e. The van der Waals surface area contributed by atoms with Crippen LogP contribution in [0.5, 0.6) is 5.75 Å². The molecule has 0 aliphatic carbocycles. The van der Waals surface area contributed by atoms with Crippen molar-refractivity contribution in [3.05, 3.63) is 52.3 Å². The van der Waals surface area contributed by atoms with E-state index in [9.17, 15) is 4.39 Å². The van der Waals surface area contributed by atoms with Gasteiger partial charge in [0.1, 0.15) is 11.8 Å². The second kappa shape index (κ2) is 5.72. The van der Waals surface area contributed by atoms with Gasteiger partial charge in [-0.1, -0.05) is 0 Å². The van der Waals surface area contributed by atoms with E-state index in [4.69, 9.17) is 10.00 Å². The van der Waals surface area contributed by atoms with E-state index in [1.54, 1.807) is 37.4 Å². The van der Waals surface area contributed by atoms with Crippen molar-refractivity contribution < 1.29 is 9.13 Å². The summed E-state index contributed by atoms with van der Waals surface area (Å²) in [7, 11) is 1.58. The minimum atomic E-state index is -0.491. The van der Waals surface area contributed by atoms with Gasteiger partial charge >= 0.3 is 0 Å². The van der Waals surface area contributed by atoms with Gasteiger partial charge in [0.05, 0.1) is 22.8 Å². The van der Waals surface area contributed by atoms with Gasteiger partial charge in [0, 0.05) is 5.69 Å². The number of hydrogen-bond donors (Lipinski definition) is 1. The van der Waals surface area contributed by atoms with Crippen molar-refractivity contribution in [1.29, 1.82) is 5.26 Å². The lowest BCUT2D eigenvalue weighted by atomic mass is 10.2. The number of rotatable bonds is 3. The molecule has 0 heterocycles. The van der Waals surface area contributed by atoms with E-state index in [1.165, 1.54) is 6.07 Å². The van der Waals surface area contributed by atoms with Gasteiger partial charge in [-0.25, -0.2) is 4.39 Å². The molecule has 0 aromatic heterocycles. The lowest BCUT2D eigenvalue weighted by Crippen LogP contribution is -1.96. The van der Waals surface area contributed by atoms with Crippen molar-refractivity contribution in [1.82, 2.24) is 0 Å². The third-order valence-corrected chi connectivity index (χ3v) is 3.35. The summed E-state index contributed by atoms with van der Waals surface area (Å²) in [5.41, 5.74) is 1.30. The van der Waals surface area contributed by atoms with Gasteiger partial charge in [-0.2, -0.15) is 5.26 Å². The Hall–Kier alpha value is -2.06. The molecule has 96 valence electrons. The molecule has 2 rings (SSSR count). The Morgan fingerprint density at radius 1 is 1.21 bits per heavy atom. The van der Waals surface area contributed by atoms with Gasteiger partial charge in [-0.3, -0.25) is 0 Å². The summed E-state index contributed by atoms with van der Waals surface area (Å²) in [5, 5.41) is 11.7. The molecule has 5 heteroatoms. The van der Waals surface area contributed by atoms with Crippen LogP contribution in [0.25, 0.3) is 0 Å². The molecule has 0 fully saturated rings. The molecular formula is C14H10BrFN2O. The van der Waals surface area contributed by atoms with Gasteiger partial charge in [0.2, 0.25) is 0 Å². The Labute approximate surface area is 118 Å². The predicted molar refractivity (Wildman–Crippen MR) is 75.1 cm³/mol. The summed E-state index contributed by atoms with van der Waals surface area (Å²) in [6.45, 7) is 0. The average molecular weight is 321 g/mol. The Balaban J connectivity index is 2.28. The fourth-order valence-electron chi connectivity index (χ4n) is 1.56. The SMILES string of the molecule is COc1ccc(Nc2ccc(C#N)c(Br)c2F)cc1. The lowest BCUT2D eigenvalue weighted by molar-refractivity contribution is 0.415. The number of hydrogen-bond acceptors (Lipinski definition) is 3. The Kier molecular flexibility index (Phi) is 4.03. The van der Waals surface area contributed by atoms with E-state index in [0.29, 0.717) is 5.69 Å². The van der Waals surface area contributed by atoms with Crippen LogP contribution in [0, 0.1) is 17.1 Å². The summed E-state index contributed by atoms with van der Waals surface area (Å²) in [6, 6.07) is 12.1. The molecule has 19 heavy (non-hydrogen) atoms. The maximum absolute atomic E-state index is 14.0. The quantitative estimate of drug-likeness (QED) is 0.921. The number of halogens is 2. The summed E-state index contributed by atoms with van der Waals surface area (Å²) in [4.78, 5) is 0. The summed E-state index contributed by atoms with van der Waals surface area (Å²) >= 11 is 3.07. The third-order valence-electron chi connectivity index (χ3n) is 2.57. The number of anilines is 2. The van der Waals surface area contributed by atoms with Crippen LogP contribution in [0.2, 0.25) is 0 Å². The molecule has 1 N–H and O–H groups in total. The number of ether oxygens (including phenoxy) is 1. The first-order valence-corrected chi connectivity index (χ1v) is 6.24. The van der Waals surface area contributed by atoms with Crippen molar-refractivity contribution in [2.45, 2.75) is 0 Å². The first-order valence-electron chi connectivity index (χ1n) is 5.45. The van der Waals surface area contributed by atoms with Crippen LogP contribution in [0.3, 0.4) is 0 Å². The highest BCUT2D eigenvalue weighted by Gasteiger charge is 2.11. The van der Waals surface area contributed by atoms with Crippen molar-refractivity contribution in [2.75, 3.05) is 12.4 Å². The molecule has 0 bridgehead atoms. The number of nitrogens with one attached hydrogen (secondary N) is 1. The van der Waals surface area contributed by atoms with Crippen molar-refractivity contribution in [3.8, 4) is 11.8 Å². The molecule has 2 aromatic carbocycles. The minimum absolute atomic E-state index is 0.161. The molecule has 0 atom stereocenters. The number of nitriles is 1. The monoisotopic (exact) mass is 320 g/mol. The highest BCUT2D eigenvalue weighted by atomic mass is 79.9. The third kappa shape index (κ3) is 2.85. The Morgan fingerprint density at radius 2 is 1.89 bits per heavy atom. The van der Waals surface area contributed by atoms with E-state index in [0.717, 1.165) is 11.4 Å². The van der Waals surface area contributed by atoms with Crippen LogP contribution in [0.4, 0.5) is 15.8 Å². The fraction of sp³-hybridized carbons (Fsp3) is 0.0714. The zero-order valence-corrected chi connectivity index (χ0v) is 11.7. The molecule has 3 nitrogen and oxygen atoms in total. The molecule has 2 aromatic rings. The number of methoxy groups -OCH3 is 1. The van der Waals surface area contributed by atoms with Crippen molar-refractivity contribution >= 4 is 27.3 Å². The van der Waals surface area contributed by atoms with Gasteiger partial charge < -0.3 is 10.1 Å². The first-order chi connectivity index (χ1) is 9.15. The normalized spacial score (nSPS) is 9.79. The number of nitrogens with zero attached hydrogens (tertiary/aromatic N) is 1. The van der Waals surface area contributed by atoms with Crippen molar-refractivity contribution in [3.63, 3.8) is 0 Å². The molecule has 0 unspecified atom stereocenters. The molecule has 0 saturated carbocycles. The van der Waals surface area contributed by atoms with Gasteiger partial charge in [0.25, 0.3) is 0 Å². The summed E-state index contributed by atoms with van der Waals surface area (Å²) in [6.07, 6.45) is 0. The molecule has 0 radical (unpaired) electrons. The smallest absolute Gasteiger partial charge is 0.162 e. The molecule has 0 aliphatic heterocycles. The molecule has 0 aliphatic rings. The van der Waals surface area contributed by atoms with Crippen molar-refractivity contribution in [2.24, 2.45) is 0 Å². The second-order valence-corrected chi connectivity index (χ2v) is 4.55. The maximum atomic E-state index is 14.0. The summed E-state index contributed by atoms with van der Waals surface area (Å²) in [5.74, 6) is 0.238. The highest BCUT2D eigenvalue weighted by molar-refractivity contribution is 9.10. The van der Waals surface area contributed by atoms with Crippen LogP contribution < -0.4 is 10.1 Å². The fourth-order valence-corrected chi connectivity index (χ4v) is 2.00. The Morgan fingerprint density at radius 3 is 2.47 bits per heavy atom. The largest absolute Gasteiger partial charge is 0.497 e. The van der Waals surface area contributed by atoms with E-state index < -0.39 is 5.82 Å². The van der Waals surface area contributed by atoms with E-state index in [2.05, 4.69) is 21.2 Å². The summed E-state index contributed by atoms with van der Waals surface area (Å²) < 4.78 is 19.2. The van der Waals surface area contributed by atoms with E-state index in [-0.39, 0.29) is 10.0 Å². The van der Waals surface area contributed by atoms with Gasteiger partial charge in [-0.05, 0) is 52.3 Å². The average Bonchev–Trinajstić information content (AvgIpc) is 2.45. The Bertz CT molecular complexity index is 635. The highest BCUT2D eigenvalue weighted by Crippen LogP contribution is 2.29. The zero-order valence-electron chi connectivity index (χ0n) is 10.1. The molecule has 0 amide bonds. The van der Waals surface area contributed by atoms with E-state index in [1.807, 2.05) is 6.07 Å². The standard InChI is InChI=1S/C14H10BrFN2O/c1-19-11-5-3-10(4-6-11)18-12-7-2-9(8-17)13(15)14(12)16/h2-7,18H,1H3. The van der Waals surface area contributed by atoms with Gasteiger partial charge in [0.15, 0.2) is 5.82 Å². The van der Waals surface area contributed by atoms with Crippen LogP contribution in [-0.4, -0.2) is 7.11 Å².